The fourth-order valence-electron chi connectivity index (χ4n) is 3.41. The van der Waals surface area contributed by atoms with E-state index in [4.69, 9.17) is 15.2 Å². The fourth-order valence-corrected chi connectivity index (χ4v) is 4.37. The summed E-state index contributed by atoms with van der Waals surface area (Å²) < 4.78 is 48.3. The highest BCUT2D eigenvalue weighted by Crippen LogP contribution is 2.39. The maximum Gasteiger partial charge on any atom is 0.416 e. The van der Waals surface area contributed by atoms with E-state index in [0.29, 0.717) is 39.0 Å². The molecule has 0 saturated carbocycles. The van der Waals surface area contributed by atoms with E-state index in [2.05, 4.69) is 15.6 Å². The number of alkyl halides is 3. The Balaban J connectivity index is 1.46. The largest absolute Gasteiger partial charge is 0.464 e. The SMILES string of the molecule is COC(=O)c1nc(NC[C@@H](N)Cc2ccc(C(F)(F)F)cc2)sc1-c1ccc2c(c1)OC(O)N2. The number of aromatic nitrogens is 1. The number of nitrogens with two attached hydrogens (primary N) is 1. The predicted molar refractivity (Wildman–Crippen MR) is 121 cm³/mol. The lowest BCUT2D eigenvalue weighted by Crippen LogP contribution is -2.31. The molecule has 2 heterocycles. The molecule has 2 atom stereocenters. The highest BCUT2D eigenvalue weighted by Gasteiger charge is 2.30. The average Bonchev–Trinajstić information content (AvgIpc) is 3.39. The number of benzene rings is 2. The normalized spacial score (nSPS) is 15.8. The maximum atomic E-state index is 12.7. The summed E-state index contributed by atoms with van der Waals surface area (Å²) in [5, 5.41) is 15.8. The molecule has 12 heteroatoms. The van der Waals surface area contributed by atoms with Gasteiger partial charge in [0.2, 0.25) is 0 Å². The van der Waals surface area contributed by atoms with Gasteiger partial charge in [0.1, 0.15) is 5.75 Å². The lowest BCUT2D eigenvalue weighted by Gasteiger charge is -2.13. The minimum absolute atomic E-state index is 0.109. The molecule has 1 unspecified atom stereocenters. The third-order valence-electron chi connectivity index (χ3n) is 5.06. The Bertz CT molecular complexity index is 1180. The van der Waals surface area contributed by atoms with Gasteiger partial charge in [-0.1, -0.05) is 29.5 Å². The number of hydrogen-bond acceptors (Lipinski definition) is 9. The Morgan fingerprint density at radius 2 is 2.06 bits per heavy atom. The summed E-state index contributed by atoms with van der Waals surface area (Å²) >= 11 is 1.21. The van der Waals surface area contributed by atoms with Crippen LogP contribution >= 0.6 is 11.3 Å². The van der Waals surface area contributed by atoms with Crippen molar-refractivity contribution in [1.82, 2.24) is 4.98 Å². The number of fused-ring (bicyclic) bond motifs is 1. The number of thiazole rings is 1. The van der Waals surface area contributed by atoms with Gasteiger partial charge < -0.3 is 30.9 Å². The van der Waals surface area contributed by atoms with Gasteiger partial charge in [0.25, 0.3) is 6.41 Å². The average molecular weight is 494 g/mol. The molecule has 0 spiro atoms. The number of methoxy groups -OCH3 is 1. The highest BCUT2D eigenvalue weighted by atomic mass is 32.1. The molecule has 0 radical (unpaired) electrons. The first-order chi connectivity index (χ1) is 16.1. The Hall–Kier alpha value is -3.35. The monoisotopic (exact) mass is 494 g/mol. The summed E-state index contributed by atoms with van der Waals surface area (Å²) in [4.78, 5) is 17.2. The van der Waals surface area contributed by atoms with E-state index >= 15 is 0 Å². The summed E-state index contributed by atoms with van der Waals surface area (Å²) in [6.45, 7) is 0.276. The fraction of sp³-hybridized carbons (Fsp3) is 0.273. The number of hydrogen-bond donors (Lipinski definition) is 4. The predicted octanol–water partition coefficient (Wildman–Crippen LogP) is 3.68. The second-order valence-electron chi connectivity index (χ2n) is 7.55. The number of nitrogens with zero attached hydrogens (tertiary/aromatic N) is 1. The number of carbonyl (C=O) groups is 1. The lowest BCUT2D eigenvalue weighted by atomic mass is 10.0. The number of rotatable bonds is 7. The zero-order chi connectivity index (χ0) is 24.5. The number of anilines is 2. The Labute approximate surface area is 196 Å². The number of halogens is 3. The van der Waals surface area contributed by atoms with Crippen molar-refractivity contribution in [2.75, 3.05) is 24.3 Å². The molecule has 0 saturated heterocycles. The molecule has 1 aliphatic heterocycles. The van der Waals surface area contributed by atoms with Crippen LogP contribution in [0, 0.1) is 0 Å². The van der Waals surface area contributed by atoms with Crippen LogP contribution in [-0.4, -0.2) is 42.2 Å². The van der Waals surface area contributed by atoms with Crippen LogP contribution < -0.4 is 21.1 Å². The molecular weight excluding hydrogens is 473 g/mol. The molecule has 8 nitrogen and oxygen atoms in total. The van der Waals surface area contributed by atoms with E-state index in [9.17, 15) is 23.1 Å². The Morgan fingerprint density at radius 1 is 1.32 bits per heavy atom. The molecule has 34 heavy (non-hydrogen) atoms. The van der Waals surface area contributed by atoms with Crippen LogP contribution in [0.4, 0.5) is 24.0 Å². The number of ether oxygens (including phenoxy) is 2. The molecule has 0 aliphatic carbocycles. The molecule has 1 aromatic heterocycles. The van der Waals surface area contributed by atoms with Gasteiger partial charge in [0, 0.05) is 12.6 Å². The Morgan fingerprint density at radius 3 is 2.74 bits per heavy atom. The zero-order valence-corrected chi connectivity index (χ0v) is 18.7. The third-order valence-corrected chi connectivity index (χ3v) is 6.12. The number of carbonyl (C=O) groups excluding carboxylic acids is 1. The number of aliphatic hydroxyl groups is 1. The summed E-state index contributed by atoms with van der Waals surface area (Å²) in [7, 11) is 1.25. The molecule has 180 valence electrons. The number of esters is 1. The second-order valence-corrected chi connectivity index (χ2v) is 8.55. The zero-order valence-electron chi connectivity index (χ0n) is 17.8. The van der Waals surface area contributed by atoms with Crippen LogP contribution in [0.2, 0.25) is 0 Å². The van der Waals surface area contributed by atoms with Gasteiger partial charge in [0.05, 0.1) is 23.2 Å². The van der Waals surface area contributed by atoms with Gasteiger partial charge >= 0.3 is 12.1 Å². The first kappa shape index (κ1) is 23.8. The van der Waals surface area contributed by atoms with Crippen molar-refractivity contribution in [3.8, 4) is 16.2 Å². The molecule has 2 aromatic carbocycles. The van der Waals surface area contributed by atoms with E-state index in [0.717, 1.165) is 12.1 Å². The molecule has 0 bridgehead atoms. The van der Waals surface area contributed by atoms with Crippen LogP contribution in [0.15, 0.2) is 42.5 Å². The first-order valence-electron chi connectivity index (χ1n) is 10.1. The van der Waals surface area contributed by atoms with Crippen molar-refractivity contribution in [3.63, 3.8) is 0 Å². The minimum Gasteiger partial charge on any atom is -0.464 e. The van der Waals surface area contributed by atoms with Crippen molar-refractivity contribution >= 4 is 28.1 Å². The summed E-state index contributed by atoms with van der Waals surface area (Å²) in [6, 6.07) is 9.61. The second kappa shape index (κ2) is 9.49. The topological polar surface area (TPSA) is 119 Å². The molecular formula is C22H21F3N4O4S. The summed E-state index contributed by atoms with van der Waals surface area (Å²) in [5.74, 6) is -0.185. The quantitative estimate of drug-likeness (QED) is 0.368. The molecule has 0 fully saturated rings. The van der Waals surface area contributed by atoms with Crippen molar-refractivity contribution < 1.29 is 32.5 Å². The standard InChI is InChI=1S/C22H21F3N4O4S/c1-32-19(30)17-18(12-4-7-15-16(9-12)33-21(31)28-15)34-20(29-17)27-10-14(26)8-11-2-5-13(6-3-11)22(23,24)25/h2-7,9,14,21,28,31H,8,10,26H2,1H3,(H,27,29)/t14-,21?/m0/s1. The molecule has 5 N–H and O–H groups in total. The van der Waals surface area contributed by atoms with Gasteiger partial charge in [-0.2, -0.15) is 13.2 Å². The van der Waals surface area contributed by atoms with E-state index in [1.165, 1.54) is 30.6 Å². The summed E-state index contributed by atoms with van der Waals surface area (Å²) in [5.41, 5.74) is 7.48. The molecule has 1 aliphatic rings. The van der Waals surface area contributed by atoms with Gasteiger partial charge in [-0.25, -0.2) is 9.78 Å². The maximum absolute atomic E-state index is 12.7. The van der Waals surface area contributed by atoms with E-state index in [-0.39, 0.29) is 12.2 Å². The van der Waals surface area contributed by atoms with Gasteiger partial charge in [-0.05, 0) is 41.8 Å². The number of nitrogens with one attached hydrogen (secondary N) is 2. The minimum atomic E-state index is -4.39. The van der Waals surface area contributed by atoms with E-state index < -0.39 is 30.2 Å². The first-order valence-corrected chi connectivity index (χ1v) is 11.0. The van der Waals surface area contributed by atoms with Crippen molar-refractivity contribution in [1.29, 1.82) is 0 Å². The molecule has 3 aromatic rings. The number of aliphatic hydroxyl groups excluding tert-OH is 1. The van der Waals surface area contributed by atoms with Gasteiger partial charge in [0.15, 0.2) is 10.8 Å². The summed E-state index contributed by atoms with van der Waals surface area (Å²) in [6.07, 6.45) is -5.18. The molecule has 4 rings (SSSR count). The van der Waals surface area contributed by atoms with E-state index in [1.54, 1.807) is 18.2 Å². The van der Waals surface area contributed by atoms with Crippen LogP contribution in [0.3, 0.4) is 0 Å². The third kappa shape index (κ3) is 5.24. The Kier molecular flexibility index (Phi) is 6.64. The lowest BCUT2D eigenvalue weighted by molar-refractivity contribution is -0.137. The smallest absolute Gasteiger partial charge is 0.416 e. The van der Waals surface area contributed by atoms with E-state index in [1.807, 2.05) is 0 Å². The van der Waals surface area contributed by atoms with Gasteiger partial charge in [-0.15, -0.1) is 0 Å². The van der Waals surface area contributed by atoms with Crippen LogP contribution in [-0.2, 0) is 17.3 Å². The van der Waals surface area contributed by atoms with Crippen molar-refractivity contribution in [2.24, 2.45) is 5.73 Å². The van der Waals surface area contributed by atoms with Gasteiger partial charge in [-0.3, -0.25) is 0 Å². The highest BCUT2D eigenvalue weighted by molar-refractivity contribution is 7.19. The van der Waals surface area contributed by atoms with Crippen LogP contribution in [0.25, 0.3) is 10.4 Å². The van der Waals surface area contributed by atoms with Crippen molar-refractivity contribution in [2.45, 2.75) is 25.1 Å². The molecule has 0 amide bonds. The van der Waals surface area contributed by atoms with Crippen LogP contribution in [0.5, 0.6) is 5.75 Å². The van der Waals surface area contributed by atoms with Crippen LogP contribution in [0.1, 0.15) is 21.6 Å². The van der Waals surface area contributed by atoms with Crippen molar-refractivity contribution in [3.05, 3.63) is 59.3 Å².